The van der Waals surface area contributed by atoms with Crippen LogP contribution in [0.2, 0.25) is 0 Å². The fourth-order valence-corrected chi connectivity index (χ4v) is 2.77. The summed E-state index contributed by atoms with van der Waals surface area (Å²) in [4.78, 5) is 0. The Kier molecular flexibility index (Phi) is 2.15. The van der Waals surface area contributed by atoms with Crippen LogP contribution in [0.3, 0.4) is 0 Å². The van der Waals surface area contributed by atoms with Crippen LogP contribution >= 0.6 is 11.8 Å². The highest BCUT2D eigenvalue weighted by Crippen LogP contribution is 2.39. The van der Waals surface area contributed by atoms with Gasteiger partial charge in [-0.05, 0) is 25.5 Å². The van der Waals surface area contributed by atoms with E-state index in [2.05, 4.69) is 6.07 Å². The van der Waals surface area contributed by atoms with Crippen LogP contribution in [-0.2, 0) is 0 Å². The Morgan fingerprint density at radius 2 is 2.42 bits per heavy atom. The van der Waals surface area contributed by atoms with Crippen LogP contribution in [0.15, 0.2) is 16.5 Å². The second-order valence-corrected chi connectivity index (χ2v) is 4.50. The lowest BCUT2D eigenvalue weighted by Crippen LogP contribution is -2.17. The lowest BCUT2D eigenvalue weighted by Gasteiger charge is -2.03. The minimum Gasteiger partial charge on any atom is -0.465 e. The van der Waals surface area contributed by atoms with Gasteiger partial charge in [-0.25, -0.2) is 0 Å². The number of hydrogen-bond donors (Lipinski definition) is 1. The molecule has 2 atom stereocenters. The van der Waals surface area contributed by atoms with E-state index in [0.717, 1.165) is 23.7 Å². The first-order chi connectivity index (χ1) is 5.75. The van der Waals surface area contributed by atoms with Gasteiger partial charge in [0.15, 0.2) is 0 Å². The highest BCUT2D eigenvalue weighted by atomic mass is 32.2. The van der Waals surface area contributed by atoms with E-state index >= 15 is 0 Å². The Morgan fingerprint density at radius 3 is 2.92 bits per heavy atom. The molecule has 1 saturated heterocycles. The number of rotatable bonds is 1. The van der Waals surface area contributed by atoms with Crippen molar-refractivity contribution in [3.63, 3.8) is 0 Å². The topological polar surface area (TPSA) is 39.2 Å². The summed E-state index contributed by atoms with van der Waals surface area (Å²) in [5, 5.41) is 0.494. The predicted molar refractivity (Wildman–Crippen MR) is 51.2 cm³/mol. The number of thioether (sulfide) groups is 1. The highest BCUT2D eigenvalue weighted by molar-refractivity contribution is 7.99. The van der Waals surface area contributed by atoms with Crippen molar-refractivity contribution >= 4 is 11.8 Å². The van der Waals surface area contributed by atoms with Gasteiger partial charge in [0.05, 0.1) is 5.25 Å². The molecule has 0 bridgehead atoms. The van der Waals surface area contributed by atoms with E-state index in [0.29, 0.717) is 11.3 Å². The van der Waals surface area contributed by atoms with Crippen LogP contribution in [0.4, 0.5) is 0 Å². The zero-order valence-electron chi connectivity index (χ0n) is 7.12. The quantitative estimate of drug-likeness (QED) is 0.724. The number of hydrogen-bond acceptors (Lipinski definition) is 3. The fraction of sp³-hybridized carbons (Fsp3) is 0.556. The maximum absolute atomic E-state index is 5.81. The molecule has 0 amide bonds. The third-order valence-corrected chi connectivity index (χ3v) is 3.55. The van der Waals surface area contributed by atoms with Gasteiger partial charge in [0.2, 0.25) is 0 Å². The molecular weight excluding hydrogens is 170 g/mol. The summed E-state index contributed by atoms with van der Waals surface area (Å²) in [5.41, 5.74) is 5.81. The molecule has 1 aliphatic heterocycles. The SMILES string of the molecule is Cc1ccc(C2CC(N)CS2)o1. The van der Waals surface area contributed by atoms with Gasteiger partial charge in [0, 0.05) is 11.8 Å². The molecule has 2 N–H and O–H groups in total. The van der Waals surface area contributed by atoms with E-state index in [1.807, 2.05) is 24.8 Å². The van der Waals surface area contributed by atoms with Gasteiger partial charge in [-0.2, -0.15) is 0 Å². The van der Waals surface area contributed by atoms with Crippen LogP contribution in [0.25, 0.3) is 0 Å². The maximum Gasteiger partial charge on any atom is 0.117 e. The Morgan fingerprint density at radius 1 is 1.58 bits per heavy atom. The molecule has 2 rings (SSSR count). The zero-order chi connectivity index (χ0) is 8.55. The Bertz CT molecular complexity index is 271. The zero-order valence-corrected chi connectivity index (χ0v) is 7.93. The van der Waals surface area contributed by atoms with Gasteiger partial charge in [-0.15, -0.1) is 11.8 Å². The fourth-order valence-electron chi connectivity index (χ4n) is 1.48. The molecule has 2 nitrogen and oxygen atoms in total. The van der Waals surface area contributed by atoms with Gasteiger partial charge in [0.25, 0.3) is 0 Å². The second-order valence-electron chi connectivity index (χ2n) is 3.27. The summed E-state index contributed by atoms with van der Waals surface area (Å²) in [5.74, 6) is 3.14. The number of furan rings is 1. The number of nitrogens with two attached hydrogens (primary N) is 1. The molecule has 0 saturated carbocycles. The van der Waals surface area contributed by atoms with Crippen molar-refractivity contribution in [3.05, 3.63) is 23.7 Å². The monoisotopic (exact) mass is 183 g/mol. The molecule has 2 heterocycles. The predicted octanol–water partition coefficient (Wildman–Crippen LogP) is 2.09. The summed E-state index contributed by atoms with van der Waals surface area (Å²) < 4.78 is 5.54. The van der Waals surface area contributed by atoms with Crippen molar-refractivity contribution in [2.45, 2.75) is 24.6 Å². The van der Waals surface area contributed by atoms with Crippen molar-refractivity contribution in [1.29, 1.82) is 0 Å². The van der Waals surface area contributed by atoms with Gasteiger partial charge in [-0.3, -0.25) is 0 Å². The van der Waals surface area contributed by atoms with Gasteiger partial charge in [-0.1, -0.05) is 0 Å². The largest absolute Gasteiger partial charge is 0.465 e. The van der Waals surface area contributed by atoms with Crippen LogP contribution in [0.5, 0.6) is 0 Å². The summed E-state index contributed by atoms with van der Waals surface area (Å²) in [6.45, 7) is 1.98. The van der Waals surface area contributed by atoms with E-state index in [1.54, 1.807) is 0 Å². The smallest absolute Gasteiger partial charge is 0.117 e. The van der Waals surface area contributed by atoms with Gasteiger partial charge < -0.3 is 10.2 Å². The first-order valence-electron chi connectivity index (χ1n) is 4.19. The molecule has 12 heavy (non-hydrogen) atoms. The average Bonchev–Trinajstić information content (AvgIpc) is 2.58. The number of aryl methyl sites for hydroxylation is 1. The van der Waals surface area contributed by atoms with Crippen molar-refractivity contribution in [2.75, 3.05) is 5.75 Å². The van der Waals surface area contributed by atoms with E-state index in [9.17, 15) is 0 Å². The molecule has 1 aromatic rings. The van der Waals surface area contributed by atoms with Crippen LogP contribution < -0.4 is 5.73 Å². The van der Waals surface area contributed by atoms with Crippen molar-refractivity contribution in [2.24, 2.45) is 5.73 Å². The highest BCUT2D eigenvalue weighted by Gasteiger charge is 2.25. The first kappa shape index (κ1) is 8.20. The summed E-state index contributed by atoms with van der Waals surface area (Å²) in [6.07, 6.45) is 1.05. The summed E-state index contributed by atoms with van der Waals surface area (Å²) in [6, 6.07) is 4.43. The van der Waals surface area contributed by atoms with Crippen molar-refractivity contribution in [3.8, 4) is 0 Å². The van der Waals surface area contributed by atoms with Crippen LogP contribution in [-0.4, -0.2) is 11.8 Å². The average molecular weight is 183 g/mol. The first-order valence-corrected chi connectivity index (χ1v) is 5.24. The lowest BCUT2D eigenvalue weighted by atomic mass is 10.1. The summed E-state index contributed by atoms with van der Waals surface area (Å²) in [7, 11) is 0. The molecule has 0 aliphatic carbocycles. The Hall–Kier alpha value is -0.410. The molecular formula is C9H13NOS. The molecule has 3 heteroatoms. The third-order valence-electron chi connectivity index (χ3n) is 2.11. The second kappa shape index (κ2) is 3.15. The van der Waals surface area contributed by atoms with E-state index in [-0.39, 0.29) is 0 Å². The van der Waals surface area contributed by atoms with Crippen molar-refractivity contribution < 1.29 is 4.42 Å². The molecule has 1 fully saturated rings. The van der Waals surface area contributed by atoms with Gasteiger partial charge in [0.1, 0.15) is 11.5 Å². The van der Waals surface area contributed by atoms with E-state index in [4.69, 9.17) is 10.2 Å². The molecule has 1 aromatic heterocycles. The molecule has 0 spiro atoms. The minimum atomic E-state index is 0.352. The minimum absolute atomic E-state index is 0.352. The molecule has 0 radical (unpaired) electrons. The van der Waals surface area contributed by atoms with Crippen LogP contribution in [0.1, 0.15) is 23.2 Å². The lowest BCUT2D eigenvalue weighted by molar-refractivity contribution is 0.471. The van der Waals surface area contributed by atoms with Gasteiger partial charge >= 0.3 is 0 Å². The maximum atomic E-state index is 5.81. The Labute approximate surface area is 76.5 Å². The third kappa shape index (κ3) is 1.52. The Balaban J connectivity index is 2.11. The van der Waals surface area contributed by atoms with Crippen molar-refractivity contribution in [1.82, 2.24) is 0 Å². The summed E-state index contributed by atoms with van der Waals surface area (Å²) >= 11 is 1.90. The molecule has 0 aromatic carbocycles. The molecule has 1 aliphatic rings. The van der Waals surface area contributed by atoms with Crippen LogP contribution in [0, 0.1) is 6.92 Å². The molecule has 2 unspecified atom stereocenters. The normalized spacial score (nSPS) is 29.5. The molecule has 66 valence electrons. The standard InChI is InChI=1S/C9H13NOS/c1-6-2-3-8(11-6)9-4-7(10)5-12-9/h2-3,7,9H,4-5,10H2,1H3. The van der Waals surface area contributed by atoms with E-state index < -0.39 is 0 Å². The van der Waals surface area contributed by atoms with E-state index in [1.165, 1.54) is 0 Å².